The molecule has 0 spiro atoms. The first-order chi connectivity index (χ1) is 15.3. The van der Waals surface area contributed by atoms with E-state index in [4.69, 9.17) is 25.2 Å². The van der Waals surface area contributed by atoms with Crippen molar-refractivity contribution in [2.45, 2.75) is 44.0 Å². The van der Waals surface area contributed by atoms with Crippen LogP contribution in [-0.4, -0.2) is 94.3 Å². The summed E-state index contributed by atoms with van der Waals surface area (Å²) < 4.78 is 6.01. The van der Waals surface area contributed by atoms with Gasteiger partial charge in [-0.05, 0) is 43.9 Å². The Bertz CT molecular complexity index is 757. The average Bonchev–Trinajstić information content (AvgIpc) is 2.79. The van der Waals surface area contributed by atoms with Gasteiger partial charge in [0.2, 0.25) is 0 Å². The van der Waals surface area contributed by atoms with Crippen molar-refractivity contribution in [1.82, 2.24) is 15.5 Å². The summed E-state index contributed by atoms with van der Waals surface area (Å²) in [6.07, 6.45) is -0.0802. The van der Waals surface area contributed by atoms with E-state index in [9.17, 15) is 14.4 Å². The van der Waals surface area contributed by atoms with Crippen molar-refractivity contribution < 1.29 is 39.5 Å². The summed E-state index contributed by atoms with van der Waals surface area (Å²) in [5.41, 5.74) is 1.31. The normalized spacial score (nSPS) is 19.4. The van der Waals surface area contributed by atoms with Gasteiger partial charge in [-0.15, -0.1) is 0 Å². The molecule has 1 fully saturated rings. The summed E-state index contributed by atoms with van der Waals surface area (Å²) in [6.45, 7) is 4.32. The second-order valence-electron chi connectivity index (χ2n) is 7.58. The monoisotopic (exact) mass is 453 g/mol. The molecule has 32 heavy (non-hydrogen) atoms. The topological polar surface area (TPSA) is 169 Å². The highest BCUT2D eigenvalue weighted by molar-refractivity contribution is 5.83. The Morgan fingerprint density at radius 1 is 1.19 bits per heavy atom. The maximum atomic E-state index is 11.6. The van der Waals surface area contributed by atoms with Gasteiger partial charge in [-0.2, -0.15) is 0 Å². The molecule has 1 aromatic carbocycles. The minimum Gasteiger partial charge on any atom is -0.489 e. The largest absolute Gasteiger partial charge is 0.489 e. The Morgan fingerprint density at radius 2 is 1.88 bits per heavy atom. The number of carboxylic acids is 2. The number of carbonyl (C=O) groups excluding carboxylic acids is 1. The molecule has 3 atom stereocenters. The van der Waals surface area contributed by atoms with Crippen LogP contribution in [0.4, 0.5) is 4.79 Å². The van der Waals surface area contributed by atoms with E-state index in [1.165, 1.54) is 5.56 Å². The average molecular weight is 453 g/mol. The Labute approximate surface area is 186 Å². The predicted octanol–water partition coefficient (Wildman–Crippen LogP) is -0.347. The molecule has 0 radical (unpaired) electrons. The predicted molar refractivity (Wildman–Crippen MR) is 114 cm³/mol. The first-order valence-electron chi connectivity index (χ1n) is 10.6. The summed E-state index contributed by atoms with van der Waals surface area (Å²) in [5, 5.41) is 38.9. The third-order valence-electron chi connectivity index (χ3n) is 5.13. The van der Waals surface area contributed by atoms with Gasteiger partial charge in [0, 0.05) is 26.2 Å². The molecule has 2 aliphatic heterocycles. The summed E-state index contributed by atoms with van der Waals surface area (Å²) in [7, 11) is 0. The maximum absolute atomic E-state index is 11.6. The summed E-state index contributed by atoms with van der Waals surface area (Å²) >= 11 is 0. The standard InChI is InChI=1S/C17H25N3O2.C4H6O6/c21-17-19-10-4-12-20(17)11-3-9-18-13-15-8-7-14-5-1-2-6-16(14)22-15;5-1(3(7)8)2(6)4(9)10/h1-2,5-6,15,18H,3-4,7-13H2,(H,19,21);1-2,5-6H,(H,7,8)(H,9,10)/t15-;/m1./s1. The Balaban J connectivity index is 0.000000309. The van der Waals surface area contributed by atoms with E-state index in [0.29, 0.717) is 0 Å². The number of nitrogens with zero attached hydrogens (tertiary/aromatic N) is 1. The molecule has 0 saturated carbocycles. The third-order valence-corrected chi connectivity index (χ3v) is 5.13. The van der Waals surface area contributed by atoms with Gasteiger partial charge < -0.3 is 40.7 Å². The van der Waals surface area contributed by atoms with Crippen LogP contribution in [0.5, 0.6) is 5.75 Å². The molecule has 11 heteroatoms. The van der Waals surface area contributed by atoms with Crippen molar-refractivity contribution in [2.24, 2.45) is 0 Å². The molecule has 0 aromatic heterocycles. The highest BCUT2D eigenvalue weighted by Gasteiger charge is 2.29. The number of urea groups is 1. The molecule has 3 rings (SSSR count). The molecule has 2 aliphatic rings. The molecule has 1 saturated heterocycles. The van der Waals surface area contributed by atoms with E-state index in [-0.39, 0.29) is 12.1 Å². The molecular weight excluding hydrogens is 422 g/mol. The first kappa shape index (κ1) is 25.4. The lowest BCUT2D eigenvalue weighted by molar-refractivity contribution is -0.165. The molecule has 11 nitrogen and oxygen atoms in total. The number of fused-ring (bicyclic) bond motifs is 1. The summed E-state index contributed by atoms with van der Waals surface area (Å²) in [4.78, 5) is 33.0. The van der Waals surface area contributed by atoms with Crippen LogP contribution < -0.4 is 15.4 Å². The zero-order valence-corrected chi connectivity index (χ0v) is 17.8. The van der Waals surface area contributed by atoms with Crippen LogP contribution in [0.15, 0.2) is 24.3 Å². The molecule has 6 N–H and O–H groups in total. The van der Waals surface area contributed by atoms with Crippen molar-refractivity contribution in [3.05, 3.63) is 29.8 Å². The van der Waals surface area contributed by atoms with Crippen molar-refractivity contribution in [1.29, 1.82) is 0 Å². The van der Waals surface area contributed by atoms with Crippen LogP contribution in [0.1, 0.15) is 24.8 Å². The Hall–Kier alpha value is -2.89. The SMILES string of the molecule is O=C(O)C(O)C(O)C(=O)O.O=C1NCCCN1CCCNC[C@H]1CCc2ccccc2O1. The minimum atomic E-state index is -2.27. The number of aryl methyl sites for hydroxylation is 1. The van der Waals surface area contributed by atoms with Gasteiger partial charge in [0.25, 0.3) is 0 Å². The lowest BCUT2D eigenvalue weighted by Gasteiger charge is -2.28. The number of aliphatic hydroxyl groups excluding tert-OH is 2. The van der Waals surface area contributed by atoms with Gasteiger partial charge in [0.15, 0.2) is 12.2 Å². The molecule has 2 unspecified atom stereocenters. The fourth-order valence-electron chi connectivity index (χ4n) is 3.34. The maximum Gasteiger partial charge on any atom is 0.335 e. The van der Waals surface area contributed by atoms with E-state index >= 15 is 0 Å². The fourth-order valence-corrected chi connectivity index (χ4v) is 3.34. The number of aliphatic hydroxyl groups is 2. The van der Waals surface area contributed by atoms with E-state index in [1.54, 1.807) is 0 Å². The molecule has 2 amide bonds. The Kier molecular flexibility index (Phi) is 10.2. The van der Waals surface area contributed by atoms with E-state index in [1.807, 2.05) is 11.0 Å². The second-order valence-corrected chi connectivity index (χ2v) is 7.58. The third kappa shape index (κ3) is 7.98. The lowest BCUT2D eigenvalue weighted by atomic mass is 10.0. The van der Waals surface area contributed by atoms with Gasteiger partial charge in [0.05, 0.1) is 0 Å². The Morgan fingerprint density at radius 3 is 2.53 bits per heavy atom. The number of hydrogen-bond acceptors (Lipinski definition) is 7. The van der Waals surface area contributed by atoms with Crippen molar-refractivity contribution in [3.8, 4) is 5.75 Å². The number of benzene rings is 1. The van der Waals surface area contributed by atoms with Gasteiger partial charge in [-0.25, -0.2) is 14.4 Å². The fraction of sp³-hybridized carbons (Fsp3) is 0.571. The number of nitrogens with one attached hydrogen (secondary N) is 2. The number of rotatable bonds is 9. The van der Waals surface area contributed by atoms with Crippen LogP contribution in [0.25, 0.3) is 0 Å². The van der Waals surface area contributed by atoms with Crippen molar-refractivity contribution in [3.63, 3.8) is 0 Å². The smallest absolute Gasteiger partial charge is 0.335 e. The quantitative estimate of drug-likeness (QED) is 0.274. The van der Waals surface area contributed by atoms with E-state index in [0.717, 1.165) is 64.2 Å². The summed E-state index contributed by atoms with van der Waals surface area (Å²) in [6, 6.07) is 8.37. The van der Waals surface area contributed by atoms with Gasteiger partial charge >= 0.3 is 18.0 Å². The first-order valence-corrected chi connectivity index (χ1v) is 10.6. The van der Waals surface area contributed by atoms with E-state index in [2.05, 4.69) is 28.8 Å². The van der Waals surface area contributed by atoms with Crippen molar-refractivity contribution in [2.75, 3.05) is 32.7 Å². The number of carbonyl (C=O) groups is 3. The number of amides is 2. The molecule has 178 valence electrons. The number of hydrogen-bond donors (Lipinski definition) is 6. The van der Waals surface area contributed by atoms with Crippen molar-refractivity contribution >= 4 is 18.0 Å². The number of ether oxygens (including phenoxy) is 1. The zero-order chi connectivity index (χ0) is 23.5. The van der Waals surface area contributed by atoms with Gasteiger partial charge in [0.1, 0.15) is 11.9 Å². The molecule has 0 bridgehead atoms. The highest BCUT2D eigenvalue weighted by atomic mass is 16.5. The number of carboxylic acid groups (broad SMARTS) is 2. The molecule has 1 aromatic rings. The number of para-hydroxylation sites is 1. The van der Waals surface area contributed by atoms with E-state index < -0.39 is 24.1 Å². The van der Waals surface area contributed by atoms with Crippen LogP contribution in [-0.2, 0) is 16.0 Å². The van der Waals surface area contributed by atoms with Crippen LogP contribution in [0, 0.1) is 0 Å². The zero-order valence-electron chi connectivity index (χ0n) is 17.8. The number of aliphatic carboxylic acids is 2. The van der Waals surface area contributed by atoms with Crippen LogP contribution in [0.2, 0.25) is 0 Å². The summed E-state index contributed by atoms with van der Waals surface area (Å²) in [5.74, 6) is -2.50. The minimum absolute atomic E-state index is 0.0819. The highest BCUT2D eigenvalue weighted by Crippen LogP contribution is 2.26. The molecule has 0 aliphatic carbocycles. The van der Waals surface area contributed by atoms with Crippen LogP contribution in [0.3, 0.4) is 0 Å². The second kappa shape index (κ2) is 12.8. The van der Waals surface area contributed by atoms with Gasteiger partial charge in [-0.3, -0.25) is 0 Å². The van der Waals surface area contributed by atoms with Crippen LogP contribution >= 0.6 is 0 Å². The van der Waals surface area contributed by atoms with Gasteiger partial charge in [-0.1, -0.05) is 18.2 Å². The molecule has 2 heterocycles. The molecular formula is C21H31N3O8. The lowest BCUT2D eigenvalue weighted by Crippen LogP contribution is -2.47.